The second kappa shape index (κ2) is 8.84. The maximum atomic E-state index is 12.9. The third-order valence-corrected chi connectivity index (χ3v) is 5.26. The quantitative estimate of drug-likeness (QED) is 0.324. The molecule has 1 heterocycles. The fourth-order valence-electron chi connectivity index (χ4n) is 2.55. The van der Waals surface area contributed by atoms with Crippen LogP contribution in [0.3, 0.4) is 0 Å². The highest BCUT2D eigenvalue weighted by Crippen LogP contribution is 2.29. The van der Waals surface area contributed by atoms with Gasteiger partial charge in [-0.3, -0.25) is 4.79 Å². The van der Waals surface area contributed by atoms with Gasteiger partial charge < -0.3 is 9.26 Å². The van der Waals surface area contributed by atoms with Gasteiger partial charge in [-0.15, -0.1) is 11.8 Å². The average molecular weight is 399 g/mol. The summed E-state index contributed by atoms with van der Waals surface area (Å²) in [6, 6.07) is 12.1. The Labute approximate surface area is 165 Å². The number of thioether (sulfide) groups is 1. The Morgan fingerprint density at radius 1 is 1.11 bits per heavy atom. The van der Waals surface area contributed by atoms with Gasteiger partial charge in [0.25, 0.3) is 0 Å². The number of halogens is 1. The summed E-state index contributed by atoms with van der Waals surface area (Å²) in [5, 5.41) is 3.93. The molecule has 0 aliphatic heterocycles. The highest BCUT2D eigenvalue weighted by Gasteiger charge is 2.17. The van der Waals surface area contributed by atoms with Crippen LogP contribution in [-0.2, 0) is 10.5 Å². The van der Waals surface area contributed by atoms with Crippen molar-refractivity contribution >= 4 is 23.5 Å². The Morgan fingerprint density at radius 2 is 1.82 bits per heavy atom. The molecule has 28 heavy (non-hydrogen) atoms. The van der Waals surface area contributed by atoms with Crippen molar-refractivity contribution in [2.75, 3.05) is 6.61 Å². The standard InChI is InChI=1S/C21H18FNO4S/c1-13-18(14(2)27-23-13)12-28-20-6-4-3-5-17(20)21(25)26-11-19(24)15-7-9-16(22)10-8-15/h3-10H,11-12H2,1-2H3. The first-order valence-electron chi connectivity index (χ1n) is 8.55. The molecule has 7 heteroatoms. The summed E-state index contributed by atoms with van der Waals surface area (Å²) in [6.07, 6.45) is 0. The summed E-state index contributed by atoms with van der Waals surface area (Å²) in [4.78, 5) is 25.3. The minimum absolute atomic E-state index is 0.287. The molecule has 0 bridgehead atoms. The molecule has 1 aromatic heterocycles. The molecule has 0 aliphatic rings. The number of rotatable bonds is 7. The summed E-state index contributed by atoms with van der Waals surface area (Å²) < 4.78 is 23.3. The van der Waals surface area contributed by atoms with E-state index in [1.54, 1.807) is 12.1 Å². The van der Waals surface area contributed by atoms with Crippen LogP contribution in [0, 0.1) is 19.7 Å². The summed E-state index contributed by atoms with van der Waals surface area (Å²) in [6.45, 7) is 3.30. The smallest absolute Gasteiger partial charge is 0.339 e. The minimum Gasteiger partial charge on any atom is -0.454 e. The lowest BCUT2D eigenvalue weighted by Crippen LogP contribution is -2.15. The van der Waals surface area contributed by atoms with Crippen molar-refractivity contribution in [2.24, 2.45) is 0 Å². The van der Waals surface area contributed by atoms with Crippen LogP contribution in [-0.4, -0.2) is 23.5 Å². The summed E-state index contributed by atoms with van der Waals surface area (Å²) in [5.41, 5.74) is 2.47. The molecule has 3 rings (SSSR count). The number of carbonyl (C=O) groups is 2. The highest BCUT2D eigenvalue weighted by molar-refractivity contribution is 7.98. The molecular weight excluding hydrogens is 381 g/mol. The van der Waals surface area contributed by atoms with Gasteiger partial charge in [0.05, 0.1) is 11.3 Å². The Kier molecular flexibility index (Phi) is 6.26. The third-order valence-electron chi connectivity index (χ3n) is 4.16. The van der Waals surface area contributed by atoms with Crippen LogP contribution < -0.4 is 0 Å². The van der Waals surface area contributed by atoms with Crippen LogP contribution in [0.4, 0.5) is 4.39 Å². The van der Waals surface area contributed by atoms with E-state index < -0.39 is 24.2 Å². The molecule has 0 unspecified atom stereocenters. The van der Waals surface area contributed by atoms with Crippen LogP contribution in [0.15, 0.2) is 57.9 Å². The Morgan fingerprint density at radius 3 is 2.50 bits per heavy atom. The Balaban J connectivity index is 1.65. The zero-order valence-electron chi connectivity index (χ0n) is 15.4. The number of nitrogens with zero attached hydrogens (tertiary/aromatic N) is 1. The van der Waals surface area contributed by atoms with E-state index in [0.29, 0.717) is 11.3 Å². The molecule has 0 spiro atoms. The molecule has 2 aromatic carbocycles. The maximum Gasteiger partial charge on any atom is 0.339 e. The first kappa shape index (κ1) is 19.8. The van der Waals surface area contributed by atoms with Gasteiger partial charge in [0.2, 0.25) is 0 Å². The molecule has 0 radical (unpaired) electrons. The summed E-state index contributed by atoms with van der Waals surface area (Å²) in [7, 11) is 0. The predicted octanol–water partition coefficient (Wildman–Crippen LogP) is 4.76. The molecule has 0 saturated carbocycles. The highest BCUT2D eigenvalue weighted by atomic mass is 32.2. The van der Waals surface area contributed by atoms with E-state index in [0.717, 1.165) is 21.9 Å². The van der Waals surface area contributed by atoms with Crippen LogP contribution in [0.25, 0.3) is 0 Å². The number of ether oxygens (including phenoxy) is 1. The van der Waals surface area contributed by atoms with Crippen molar-refractivity contribution in [3.8, 4) is 0 Å². The Bertz CT molecular complexity index is 978. The first-order chi connectivity index (χ1) is 13.5. The number of ketones is 1. The number of carbonyl (C=O) groups excluding carboxylic acids is 2. The molecule has 0 aliphatic carbocycles. The van der Waals surface area contributed by atoms with Crippen molar-refractivity contribution in [2.45, 2.75) is 24.5 Å². The van der Waals surface area contributed by atoms with E-state index in [1.165, 1.54) is 36.0 Å². The molecule has 0 atom stereocenters. The van der Waals surface area contributed by atoms with Crippen LogP contribution in [0.2, 0.25) is 0 Å². The molecular formula is C21H18FNO4S. The van der Waals surface area contributed by atoms with Gasteiger partial charge in [0.1, 0.15) is 11.6 Å². The van der Waals surface area contributed by atoms with Crippen molar-refractivity contribution in [1.82, 2.24) is 5.16 Å². The third kappa shape index (κ3) is 4.67. The van der Waals surface area contributed by atoms with Gasteiger partial charge in [-0.2, -0.15) is 0 Å². The average Bonchev–Trinajstić information content (AvgIpc) is 3.02. The molecule has 144 valence electrons. The first-order valence-corrected chi connectivity index (χ1v) is 9.53. The number of hydrogen-bond donors (Lipinski definition) is 0. The zero-order valence-corrected chi connectivity index (χ0v) is 16.2. The second-order valence-electron chi connectivity index (χ2n) is 6.09. The Hall–Kier alpha value is -2.93. The summed E-state index contributed by atoms with van der Waals surface area (Å²) in [5.74, 6) is -0.0701. The van der Waals surface area contributed by atoms with Crippen LogP contribution in [0.1, 0.15) is 37.7 Å². The zero-order chi connectivity index (χ0) is 20.1. The van der Waals surface area contributed by atoms with E-state index in [2.05, 4.69) is 5.16 Å². The lowest BCUT2D eigenvalue weighted by molar-refractivity contribution is 0.0471. The van der Waals surface area contributed by atoms with E-state index in [4.69, 9.17) is 9.26 Å². The van der Waals surface area contributed by atoms with Gasteiger partial charge >= 0.3 is 5.97 Å². The SMILES string of the molecule is Cc1noc(C)c1CSc1ccccc1C(=O)OCC(=O)c1ccc(F)cc1. The number of aromatic nitrogens is 1. The molecule has 0 fully saturated rings. The van der Waals surface area contributed by atoms with E-state index in [-0.39, 0.29) is 5.56 Å². The topological polar surface area (TPSA) is 69.4 Å². The largest absolute Gasteiger partial charge is 0.454 e. The number of esters is 1. The van der Waals surface area contributed by atoms with E-state index >= 15 is 0 Å². The van der Waals surface area contributed by atoms with Crippen LogP contribution >= 0.6 is 11.8 Å². The molecule has 3 aromatic rings. The monoisotopic (exact) mass is 399 g/mol. The molecule has 0 N–H and O–H groups in total. The summed E-state index contributed by atoms with van der Waals surface area (Å²) >= 11 is 1.47. The number of aryl methyl sites for hydroxylation is 2. The van der Waals surface area contributed by atoms with E-state index in [9.17, 15) is 14.0 Å². The fourth-order valence-corrected chi connectivity index (χ4v) is 3.74. The van der Waals surface area contributed by atoms with Crippen molar-refractivity contribution in [3.05, 3.63) is 82.5 Å². The van der Waals surface area contributed by atoms with Crippen molar-refractivity contribution < 1.29 is 23.2 Å². The van der Waals surface area contributed by atoms with Gasteiger partial charge in [0, 0.05) is 21.8 Å². The van der Waals surface area contributed by atoms with Gasteiger partial charge in [-0.05, 0) is 50.2 Å². The van der Waals surface area contributed by atoms with Gasteiger partial charge in [-0.25, -0.2) is 9.18 Å². The molecule has 0 saturated heterocycles. The fraction of sp³-hybridized carbons (Fsp3) is 0.190. The van der Waals surface area contributed by atoms with Crippen molar-refractivity contribution in [3.63, 3.8) is 0 Å². The number of Topliss-reactive ketones (excluding diaryl/α,β-unsaturated/α-hetero) is 1. The normalized spacial score (nSPS) is 10.7. The minimum atomic E-state index is -0.586. The molecule has 0 amide bonds. The van der Waals surface area contributed by atoms with Gasteiger partial charge in [0.15, 0.2) is 12.4 Å². The van der Waals surface area contributed by atoms with E-state index in [1.807, 2.05) is 26.0 Å². The lowest BCUT2D eigenvalue weighted by Gasteiger charge is -2.09. The maximum absolute atomic E-state index is 12.9. The van der Waals surface area contributed by atoms with Crippen LogP contribution in [0.5, 0.6) is 0 Å². The van der Waals surface area contributed by atoms with Gasteiger partial charge in [-0.1, -0.05) is 17.3 Å². The lowest BCUT2D eigenvalue weighted by atomic mass is 10.1. The predicted molar refractivity (Wildman–Crippen MR) is 103 cm³/mol. The number of hydrogen-bond acceptors (Lipinski definition) is 6. The second-order valence-corrected chi connectivity index (χ2v) is 7.11. The molecule has 5 nitrogen and oxygen atoms in total. The number of benzene rings is 2. The van der Waals surface area contributed by atoms with Crippen molar-refractivity contribution in [1.29, 1.82) is 0 Å².